The maximum Gasteiger partial charge on any atom is 0.340 e. The van der Waals surface area contributed by atoms with E-state index in [1.54, 1.807) is 6.92 Å². The Morgan fingerprint density at radius 2 is 1.67 bits per heavy atom. The van der Waals surface area contributed by atoms with Crippen LogP contribution >= 0.6 is 0 Å². The van der Waals surface area contributed by atoms with Gasteiger partial charge in [0.15, 0.2) is 11.6 Å². The lowest BCUT2D eigenvalue weighted by atomic mass is 10.2. The second kappa shape index (κ2) is 6.52. The number of carbonyl (C=O) groups excluding carboxylic acids is 1. The Balaban J connectivity index is 2.55. The van der Waals surface area contributed by atoms with E-state index in [4.69, 9.17) is 0 Å². The molecular formula is C15H12F3NO4S. The number of ether oxygens (including phenoxy) is 1. The average Bonchev–Trinajstić information content (AvgIpc) is 2.51. The van der Waals surface area contributed by atoms with Gasteiger partial charge in [0.25, 0.3) is 10.0 Å². The average molecular weight is 359 g/mol. The van der Waals surface area contributed by atoms with Gasteiger partial charge in [-0.05, 0) is 30.7 Å². The van der Waals surface area contributed by atoms with Gasteiger partial charge in [-0.1, -0.05) is 6.07 Å². The Hall–Kier alpha value is -2.55. The summed E-state index contributed by atoms with van der Waals surface area (Å²) in [6, 6.07) is 4.36. The number of hydrogen-bond acceptors (Lipinski definition) is 4. The molecule has 0 spiro atoms. The van der Waals surface area contributed by atoms with Crippen LogP contribution in [0.15, 0.2) is 35.2 Å². The maximum absolute atomic E-state index is 13.8. The first-order valence-corrected chi connectivity index (χ1v) is 8.00. The predicted octanol–water partition coefficient (Wildman–Crippen LogP) is 3.00. The van der Waals surface area contributed by atoms with E-state index in [0.717, 1.165) is 19.2 Å². The first-order chi connectivity index (χ1) is 11.2. The third-order valence-corrected chi connectivity index (χ3v) is 4.47. The van der Waals surface area contributed by atoms with Crippen LogP contribution in [0.2, 0.25) is 0 Å². The summed E-state index contributed by atoms with van der Waals surface area (Å²) in [5, 5.41) is 0. The summed E-state index contributed by atoms with van der Waals surface area (Å²) in [6.07, 6.45) is 0. The molecule has 9 heteroatoms. The van der Waals surface area contributed by atoms with Gasteiger partial charge < -0.3 is 4.74 Å². The summed E-state index contributed by atoms with van der Waals surface area (Å²) in [4.78, 5) is 10.9. The molecule has 2 aromatic carbocycles. The van der Waals surface area contributed by atoms with Crippen LogP contribution < -0.4 is 4.72 Å². The van der Waals surface area contributed by atoms with Crippen molar-refractivity contribution in [2.75, 3.05) is 11.8 Å². The number of esters is 1. The highest BCUT2D eigenvalue weighted by atomic mass is 32.2. The Bertz CT molecular complexity index is 913. The van der Waals surface area contributed by atoms with E-state index >= 15 is 0 Å². The van der Waals surface area contributed by atoms with Crippen LogP contribution in [0.5, 0.6) is 0 Å². The van der Waals surface area contributed by atoms with Crippen molar-refractivity contribution in [3.8, 4) is 0 Å². The standard InChI is InChI=1S/C15H12F3NO4S/c1-8-3-4-10(16)14(5-8)24(21,22)19-13-7-12(18)11(17)6-9(13)15(20)23-2/h3-7,19H,1-2H3. The van der Waals surface area contributed by atoms with Crippen LogP contribution in [0, 0.1) is 24.4 Å². The molecular weight excluding hydrogens is 347 g/mol. The van der Waals surface area contributed by atoms with E-state index in [-0.39, 0.29) is 0 Å². The molecule has 0 fully saturated rings. The smallest absolute Gasteiger partial charge is 0.340 e. The van der Waals surface area contributed by atoms with Gasteiger partial charge in [-0.2, -0.15) is 0 Å². The monoisotopic (exact) mass is 359 g/mol. The molecule has 0 bridgehead atoms. The molecule has 0 aliphatic rings. The fourth-order valence-corrected chi connectivity index (χ4v) is 3.16. The molecule has 0 saturated carbocycles. The predicted molar refractivity (Wildman–Crippen MR) is 79.6 cm³/mol. The lowest BCUT2D eigenvalue weighted by molar-refractivity contribution is 0.0601. The molecule has 0 heterocycles. The van der Waals surface area contributed by atoms with E-state index in [9.17, 15) is 26.4 Å². The van der Waals surface area contributed by atoms with Crippen molar-refractivity contribution >= 4 is 21.7 Å². The highest BCUT2D eigenvalue weighted by Crippen LogP contribution is 2.25. The van der Waals surface area contributed by atoms with Crippen molar-refractivity contribution in [3.63, 3.8) is 0 Å². The van der Waals surface area contributed by atoms with Gasteiger partial charge in [0.2, 0.25) is 0 Å². The minimum absolute atomic E-state index is 0.468. The molecule has 0 saturated heterocycles. The lowest BCUT2D eigenvalue weighted by Crippen LogP contribution is -2.18. The number of nitrogens with one attached hydrogen (secondary N) is 1. The molecule has 128 valence electrons. The molecule has 2 aromatic rings. The topological polar surface area (TPSA) is 72.5 Å². The van der Waals surface area contributed by atoms with Crippen LogP contribution in [-0.4, -0.2) is 21.5 Å². The van der Waals surface area contributed by atoms with E-state index in [1.807, 2.05) is 4.72 Å². The van der Waals surface area contributed by atoms with Crippen molar-refractivity contribution < 1.29 is 31.1 Å². The number of aryl methyl sites for hydroxylation is 1. The van der Waals surface area contributed by atoms with Crippen molar-refractivity contribution in [1.82, 2.24) is 0 Å². The van der Waals surface area contributed by atoms with E-state index < -0.39 is 49.6 Å². The van der Waals surface area contributed by atoms with Crippen LogP contribution in [0.25, 0.3) is 0 Å². The zero-order valence-corrected chi connectivity index (χ0v) is 13.4. The number of rotatable bonds is 4. The zero-order valence-electron chi connectivity index (χ0n) is 12.6. The van der Waals surface area contributed by atoms with Crippen LogP contribution in [0.1, 0.15) is 15.9 Å². The molecule has 0 radical (unpaired) electrons. The first-order valence-electron chi connectivity index (χ1n) is 6.52. The summed E-state index contributed by atoms with van der Waals surface area (Å²) in [7, 11) is -3.49. The Labute approximate surface area is 136 Å². The van der Waals surface area contributed by atoms with Crippen LogP contribution in [-0.2, 0) is 14.8 Å². The third kappa shape index (κ3) is 3.51. The van der Waals surface area contributed by atoms with Crippen molar-refractivity contribution in [2.45, 2.75) is 11.8 Å². The van der Waals surface area contributed by atoms with Gasteiger partial charge in [0.05, 0.1) is 18.4 Å². The number of methoxy groups -OCH3 is 1. The largest absolute Gasteiger partial charge is 0.465 e. The summed E-state index contributed by atoms with van der Waals surface area (Å²) in [5.74, 6) is -4.86. The van der Waals surface area contributed by atoms with Gasteiger partial charge in [-0.25, -0.2) is 26.4 Å². The first kappa shape index (κ1) is 17.8. The Morgan fingerprint density at radius 1 is 1.04 bits per heavy atom. The summed E-state index contributed by atoms with van der Waals surface area (Å²) in [6.45, 7) is 1.55. The van der Waals surface area contributed by atoms with E-state index in [1.165, 1.54) is 6.07 Å². The van der Waals surface area contributed by atoms with Gasteiger partial charge in [-0.15, -0.1) is 0 Å². The van der Waals surface area contributed by atoms with Crippen molar-refractivity contribution in [3.05, 3.63) is 58.9 Å². The summed E-state index contributed by atoms with van der Waals surface area (Å²) < 4.78 is 71.4. The van der Waals surface area contributed by atoms with Gasteiger partial charge >= 0.3 is 5.97 Å². The van der Waals surface area contributed by atoms with Gasteiger partial charge in [0, 0.05) is 6.07 Å². The lowest BCUT2D eigenvalue weighted by Gasteiger charge is -2.13. The van der Waals surface area contributed by atoms with E-state index in [2.05, 4.69) is 4.74 Å². The molecule has 0 atom stereocenters. The minimum atomic E-state index is -4.48. The second-order valence-corrected chi connectivity index (χ2v) is 6.49. The SMILES string of the molecule is COC(=O)c1cc(F)c(F)cc1NS(=O)(=O)c1cc(C)ccc1F. The number of carbonyl (C=O) groups is 1. The van der Waals surface area contributed by atoms with E-state index in [0.29, 0.717) is 17.7 Å². The fourth-order valence-electron chi connectivity index (χ4n) is 1.93. The number of hydrogen-bond donors (Lipinski definition) is 1. The molecule has 0 unspecified atom stereocenters. The molecule has 5 nitrogen and oxygen atoms in total. The third-order valence-electron chi connectivity index (χ3n) is 3.09. The van der Waals surface area contributed by atoms with Crippen molar-refractivity contribution in [2.24, 2.45) is 0 Å². The normalized spacial score (nSPS) is 11.2. The van der Waals surface area contributed by atoms with Crippen LogP contribution in [0.3, 0.4) is 0 Å². The molecule has 24 heavy (non-hydrogen) atoms. The van der Waals surface area contributed by atoms with Gasteiger partial charge in [0.1, 0.15) is 10.7 Å². The Morgan fingerprint density at radius 3 is 2.29 bits per heavy atom. The second-order valence-electron chi connectivity index (χ2n) is 4.84. The minimum Gasteiger partial charge on any atom is -0.465 e. The highest BCUT2D eigenvalue weighted by Gasteiger charge is 2.24. The molecule has 0 aliphatic carbocycles. The maximum atomic E-state index is 13.8. The van der Waals surface area contributed by atoms with Crippen molar-refractivity contribution in [1.29, 1.82) is 0 Å². The number of halogens is 3. The van der Waals surface area contributed by atoms with Gasteiger partial charge in [-0.3, -0.25) is 4.72 Å². The summed E-state index contributed by atoms with van der Waals surface area (Å²) >= 11 is 0. The Kier molecular flexibility index (Phi) is 4.83. The fraction of sp³-hybridized carbons (Fsp3) is 0.133. The number of sulfonamides is 1. The molecule has 1 N–H and O–H groups in total. The number of benzene rings is 2. The molecule has 0 aromatic heterocycles. The summed E-state index contributed by atoms with van der Waals surface area (Å²) in [5.41, 5.74) is -0.648. The zero-order chi connectivity index (χ0) is 18.1. The molecule has 0 aliphatic heterocycles. The van der Waals surface area contributed by atoms with Crippen LogP contribution in [0.4, 0.5) is 18.9 Å². The molecule has 2 rings (SSSR count). The molecule has 0 amide bonds. The highest BCUT2D eigenvalue weighted by molar-refractivity contribution is 7.92. The number of anilines is 1. The quantitative estimate of drug-likeness (QED) is 0.852.